The maximum atomic E-state index is 13.0. The summed E-state index contributed by atoms with van der Waals surface area (Å²) >= 11 is 0. The second-order valence-corrected chi connectivity index (χ2v) is 4.70. The third-order valence-corrected chi connectivity index (χ3v) is 2.89. The van der Waals surface area contributed by atoms with E-state index < -0.39 is 0 Å². The maximum absolute atomic E-state index is 13.0. The molecule has 2 rings (SSSR count). The van der Waals surface area contributed by atoms with Crippen LogP contribution in [0.4, 0.5) is 10.1 Å². The Morgan fingerprint density at radius 3 is 2.55 bits per heavy atom. The molecule has 0 amide bonds. The summed E-state index contributed by atoms with van der Waals surface area (Å²) in [6.45, 7) is 5.78. The highest BCUT2D eigenvalue weighted by Gasteiger charge is 2.08. The van der Waals surface area contributed by atoms with Crippen LogP contribution in [0.25, 0.3) is 0 Å². The molecule has 0 radical (unpaired) electrons. The lowest BCUT2D eigenvalue weighted by atomic mass is 10.1. The van der Waals surface area contributed by atoms with Crippen LogP contribution in [0.3, 0.4) is 0 Å². The summed E-state index contributed by atoms with van der Waals surface area (Å²) in [5.41, 5.74) is 2.89. The molecule has 0 heterocycles. The topological polar surface area (TPSA) is 29.1 Å². The van der Waals surface area contributed by atoms with Gasteiger partial charge in [0.2, 0.25) is 0 Å². The van der Waals surface area contributed by atoms with E-state index in [0.717, 1.165) is 5.56 Å². The van der Waals surface area contributed by atoms with Crippen LogP contribution in [0, 0.1) is 12.7 Å². The molecule has 0 fully saturated rings. The summed E-state index contributed by atoms with van der Waals surface area (Å²) in [5.74, 6) is -0.341. The molecule has 0 aliphatic heterocycles. The molecule has 0 unspecified atom stereocenters. The van der Waals surface area contributed by atoms with E-state index >= 15 is 0 Å². The number of benzene rings is 2. The third kappa shape index (κ3) is 3.79. The van der Waals surface area contributed by atoms with E-state index in [4.69, 9.17) is 0 Å². The Hall–Kier alpha value is -2.42. The standard InChI is InChI=1S/C17H16FNO/c1-12-6-8-14(9-7-12)17(20)10-13(2)19-16-5-3-4-15(18)11-16/h3-9,11,19H,2,10H2,1H3. The van der Waals surface area contributed by atoms with Gasteiger partial charge < -0.3 is 5.32 Å². The zero-order valence-corrected chi connectivity index (χ0v) is 11.3. The second-order valence-electron chi connectivity index (χ2n) is 4.70. The number of nitrogens with one attached hydrogen (secondary N) is 1. The number of ketones is 1. The van der Waals surface area contributed by atoms with Crippen LogP contribution < -0.4 is 5.32 Å². The number of rotatable bonds is 5. The van der Waals surface area contributed by atoms with Gasteiger partial charge in [-0.2, -0.15) is 0 Å². The van der Waals surface area contributed by atoms with E-state index in [2.05, 4.69) is 11.9 Å². The van der Waals surface area contributed by atoms with Gasteiger partial charge in [-0.1, -0.05) is 42.5 Å². The quantitative estimate of drug-likeness (QED) is 0.818. The van der Waals surface area contributed by atoms with Crippen molar-refractivity contribution in [2.45, 2.75) is 13.3 Å². The molecule has 102 valence electrons. The van der Waals surface area contributed by atoms with Crippen molar-refractivity contribution in [1.29, 1.82) is 0 Å². The molecule has 2 aromatic rings. The van der Waals surface area contributed by atoms with Crippen molar-refractivity contribution in [3.63, 3.8) is 0 Å². The molecular weight excluding hydrogens is 253 g/mol. The monoisotopic (exact) mass is 269 g/mol. The molecular formula is C17H16FNO. The van der Waals surface area contributed by atoms with Crippen molar-refractivity contribution in [3.05, 3.63) is 77.8 Å². The van der Waals surface area contributed by atoms with Crippen LogP contribution >= 0.6 is 0 Å². The van der Waals surface area contributed by atoms with Crippen LogP contribution in [-0.2, 0) is 0 Å². The lowest BCUT2D eigenvalue weighted by molar-refractivity contribution is 0.0993. The van der Waals surface area contributed by atoms with Crippen molar-refractivity contribution in [1.82, 2.24) is 0 Å². The first kappa shape index (κ1) is 14.0. The molecule has 2 aromatic carbocycles. The number of anilines is 1. The Morgan fingerprint density at radius 2 is 1.90 bits per heavy atom. The van der Waals surface area contributed by atoms with Gasteiger partial charge in [-0.25, -0.2) is 4.39 Å². The number of carbonyl (C=O) groups excluding carboxylic acids is 1. The molecule has 2 nitrogen and oxygen atoms in total. The molecule has 1 N–H and O–H groups in total. The molecule has 0 saturated carbocycles. The van der Waals surface area contributed by atoms with Crippen LogP contribution in [0.2, 0.25) is 0 Å². The molecule has 0 spiro atoms. The third-order valence-electron chi connectivity index (χ3n) is 2.89. The van der Waals surface area contributed by atoms with E-state index in [1.54, 1.807) is 24.3 Å². The van der Waals surface area contributed by atoms with Crippen LogP contribution in [0.15, 0.2) is 60.8 Å². The number of allylic oxidation sites excluding steroid dienone is 1. The van der Waals surface area contributed by atoms with Gasteiger partial charge in [0.1, 0.15) is 5.82 Å². The first-order chi connectivity index (χ1) is 9.54. The van der Waals surface area contributed by atoms with Crippen molar-refractivity contribution in [2.24, 2.45) is 0 Å². The van der Waals surface area contributed by atoms with Crippen molar-refractivity contribution < 1.29 is 9.18 Å². The summed E-state index contributed by atoms with van der Waals surface area (Å²) in [7, 11) is 0. The van der Waals surface area contributed by atoms with E-state index in [1.165, 1.54) is 12.1 Å². The summed E-state index contributed by atoms with van der Waals surface area (Å²) in [6, 6.07) is 13.5. The maximum Gasteiger partial charge on any atom is 0.168 e. The van der Waals surface area contributed by atoms with Crippen LogP contribution in [0.1, 0.15) is 22.3 Å². The van der Waals surface area contributed by atoms with E-state index in [-0.39, 0.29) is 18.0 Å². The minimum Gasteiger partial charge on any atom is -0.359 e. The minimum absolute atomic E-state index is 0.0149. The first-order valence-electron chi connectivity index (χ1n) is 6.35. The van der Waals surface area contributed by atoms with Gasteiger partial charge in [-0.3, -0.25) is 4.79 Å². The molecule has 0 bridgehead atoms. The summed E-state index contributed by atoms with van der Waals surface area (Å²) < 4.78 is 13.0. The highest BCUT2D eigenvalue weighted by Crippen LogP contribution is 2.15. The minimum atomic E-state index is -0.326. The van der Waals surface area contributed by atoms with Gasteiger partial charge in [0.05, 0.1) is 6.42 Å². The fourth-order valence-electron chi connectivity index (χ4n) is 1.85. The summed E-state index contributed by atoms with van der Waals surface area (Å²) in [5, 5.41) is 2.94. The Bertz CT molecular complexity index is 632. The van der Waals surface area contributed by atoms with Crippen LogP contribution in [-0.4, -0.2) is 5.78 Å². The zero-order valence-electron chi connectivity index (χ0n) is 11.3. The smallest absolute Gasteiger partial charge is 0.168 e. The Balaban J connectivity index is 1.97. The van der Waals surface area contributed by atoms with Gasteiger partial charge in [-0.15, -0.1) is 0 Å². The van der Waals surface area contributed by atoms with Gasteiger partial charge in [0.25, 0.3) is 0 Å². The van der Waals surface area contributed by atoms with E-state index in [1.807, 2.05) is 19.1 Å². The van der Waals surface area contributed by atoms with Gasteiger partial charge >= 0.3 is 0 Å². The number of hydrogen-bond donors (Lipinski definition) is 1. The molecule has 0 aromatic heterocycles. The van der Waals surface area contributed by atoms with E-state index in [9.17, 15) is 9.18 Å². The second kappa shape index (κ2) is 6.15. The molecule has 0 aliphatic carbocycles. The largest absolute Gasteiger partial charge is 0.359 e. The normalized spacial score (nSPS) is 10.1. The van der Waals surface area contributed by atoms with Gasteiger partial charge in [0.15, 0.2) is 5.78 Å². The van der Waals surface area contributed by atoms with E-state index in [0.29, 0.717) is 16.9 Å². The summed E-state index contributed by atoms with van der Waals surface area (Å²) in [4.78, 5) is 12.0. The van der Waals surface area contributed by atoms with Crippen LogP contribution in [0.5, 0.6) is 0 Å². The molecule has 3 heteroatoms. The zero-order chi connectivity index (χ0) is 14.5. The molecule has 20 heavy (non-hydrogen) atoms. The molecule has 0 aliphatic rings. The highest BCUT2D eigenvalue weighted by atomic mass is 19.1. The lowest BCUT2D eigenvalue weighted by Crippen LogP contribution is -2.06. The van der Waals surface area contributed by atoms with Gasteiger partial charge in [-0.05, 0) is 25.1 Å². The Labute approximate surface area is 118 Å². The average Bonchev–Trinajstić information content (AvgIpc) is 2.39. The Morgan fingerprint density at radius 1 is 1.20 bits per heavy atom. The number of hydrogen-bond acceptors (Lipinski definition) is 2. The van der Waals surface area contributed by atoms with Crippen molar-refractivity contribution >= 4 is 11.5 Å². The number of carbonyl (C=O) groups is 1. The molecule has 0 atom stereocenters. The fourth-order valence-corrected chi connectivity index (χ4v) is 1.85. The highest BCUT2D eigenvalue weighted by molar-refractivity contribution is 5.97. The number of halogens is 1. The van der Waals surface area contributed by atoms with Gasteiger partial charge in [0, 0.05) is 16.9 Å². The van der Waals surface area contributed by atoms with Crippen molar-refractivity contribution in [3.8, 4) is 0 Å². The summed E-state index contributed by atoms with van der Waals surface area (Å²) in [6.07, 6.45) is 0.180. The predicted molar refractivity (Wildman–Crippen MR) is 79.3 cm³/mol. The number of aryl methyl sites for hydroxylation is 1. The first-order valence-corrected chi connectivity index (χ1v) is 6.35. The Kier molecular flexibility index (Phi) is 4.31. The predicted octanol–water partition coefficient (Wildman–Crippen LogP) is 4.33. The number of Topliss-reactive ketones (excluding diaryl/α,β-unsaturated/α-hetero) is 1. The SMILES string of the molecule is C=C(CC(=O)c1ccc(C)cc1)Nc1cccc(F)c1. The molecule has 0 saturated heterocycles. The van der Waals surface area contributed by atoms with Crippen molar-refractivity contribution in [2.75, 3.05) is 5.32 Å². The fraction of sp³-hybridized carbons (Fsp3) is 0.118. The average molecular weight is 269 g/mol. The lowest BCUT2D eigenvalue weighted by Gasteiger charge is -2.09.